The Kier molecular flexibility index (Phi) is 8.13. The summed E-state index contributed by atoms with van der Waals surface area (Å²) < 4.78 is 23.4. The lowest BCUT2D eigenvalue weighted by molar-refractivity contribution is -0.114. The van der Waals surface area contributed by atoms with E-state index in [0.29, 0.717) is 30.0 Å². The number of thiazole rings is 1. The Morgan fingerprint density at radius 1 is 1.06 bits per heavy atom. The van der Waals surface area contributed by atoms with Gasteiger partial charge >= 0.3 is 0 Å². The van der Waals surface area contributed by atoms with E-state index < -0.39 is 9.84 Å². The van der Waals surface area contributed by atoms with Crippen LogP contribution in [0.4, 0.5) is 5.13 Å². The number of carbonyl (C=O) groups excluding carboxylic acids is 2. The van der Waals surface area contributed by atoms with Crippen molar-refractivity contribution in [3.8, 4) is 0 Å². The van der Waals surface area contributed by atoms with Gasteiger partial charge in [0.15, 0.2) is 15.0 Å². The summed E-state index contributed by atoms with van der Waals surface area (Å²) in [6, 6.07) is 14.0. The standard InChI is InChI=1S/C23H25N5O4S2/c1-15(29)27-23-28-20(12-7-16-3-8-18(9-4-16)22(30)25-14-26-24)21(33-23)13-17-5-10-19(11-6-17)34(2,31)32/h3-6,8-11,14H,7,12-13,24H2,1-2H3,(H,25,26,30)(H,27,28,29). The molecule has 3 aromatic rings. The lowest BCUT2D eigenvalue weighted by atomic mass is 10.0. The molecule has 0 spiro atoms. The monoisotopic (exact) mass is 499 g/mol. The molecule has 0 unspecified atom stereocenters. The molecular weight excluding hydrogens is 474 g/mol. The number of sulfone groups is 1. The summed E-state index contributed by atoms with van der Waals surface area (Å²) in [4.78, 5) is 29.3. The molecule has 2 amide bonds. The lowest BCUT2D eigenvalue weighted by Crippen LogP contribution is -2.22. The number of nitrogens with one attached hydrogen (secondary N) is 2. The molecule has 11 heteroatoms. The van der Waals surface area contributed by atoms with Gasteiger partial charge < -0.3 is 16.5 Å². The molecule has 1 heterocycles. The number of aromatic nitrogens is 1. The molecule has 0 aliphatic heterocycles. The van der Waals surface area contributed by atoms with Gasteiger partial charge in [-0.05, 0) is 48.2 Å². The minimum absolute atomic E-state index is 0.196. The van der Waals surface area contributed by atoms with E-state index in [1.807, 2.05) is 12.1 Å². The molecule has 0 saturated carbocycles. The Labute approximate surface area is 202 Å². The van der Waals surface area contributed by atoms with Crippen LogP contribution in [0.1, 0.15) is 39.0 Å². The third-order valence-electron chi connectivity index (χ3n) is 4.91. The number of hydrogen-bond acceptors (Lipinski definition) is 8. The molecule has 2 aromatic carbocycles. The second-order valence-corrected chi connectivity index (χ2v) is 10.7. The van der Waals surface area contributed by atoms with Crippen molar-refractivity contribution in [3.63, 3.8) is 0 Å². The van der Waals surface area contributed by atoms with Crippen LogP contribution in [0.3, 0.4) is 0 Å². The smallest absolute Gasteiger partial charge is 0.256 e. The van der Waals surface area contributed by atoms with Gasteiger partial charge in [0.1, 0.15) is 6.34 Å². The second kappa shape index (κ2) is 11.0. The van der Waals surface area contributed by atoms with Crippen molar-refractivity contribution in [2.75, 3.05) is 11.6 Å². The van der Waals surface area contributed by atoms with E-state index in [9.17, 15) is 18.0 Å². The van der Waals surface area contributed by atoms with Gasteiger partial charge in [-0.15, -0.1) is 11.3 Å². The summed E-state index contributed by atoms with van der Waals surface area (Å²) in [5, 5.41) is 8.96. The van der Waals surface area contributed by atoms with Gasteiger partial charge in [-0.25, -0.2) is 13.4 Å². The number of hydrogen-bond donors (Lipinski definition) is 3. The molecule has 0 fully saturated rings. The van der Waals surface area contributed by atoms with Gasteiger partial charge in [0.25, 0.3) is 5.91 Å². The van der Waals surface area contributed by atoms with Crippen molar-refractivity contribution in [1.29, 1.82) is 0 Å². The van der Waals surface area contributed by atoms with E-state index in [-0.39, 0.29) is 16.7 Å². The first kappa shape index (κ1) is 25.1. The zero-order valence-corrected chi connectivity index (χ0v) is 20.4. The number of amides is 2. The first-order chi connectivity index (χ1) is 16.2. The lowest BCUT2D eigenvalue weighted by Gasteiger charge is -2.06. The van der Waals surface area contributed by atoms with Crippen molar-refractivity contribution in [3.05, 3.63) is 75.8 Å². The van der Waals surface area contributed by atoms with Gasteiger partial charge in [-0.1, -0.05) is 24.3 Å². The normalized spacial score (nSPS) is 11.5. The number of nitrogens with zero attached hydrogens (tertiary/aromatic N) is 2. The number of nitrogens with two attached hydrogens (primary N) is 1. The third kappa shape index (κ3) is 6.96. The van der Waals surface area contributed by atoms with Crippen LogP contribution in [0.15, 0.2) is 58.5 Å². The van der Waals surface area contributed by atoms with E-state index in [4.69, 9.17) is 5.84 Å². The van der Waals surface area contributed by atoms with Crippen molar-refractivity contribution < 1.29 is 18.0 Å². The largest absolute Gasteiger partial charge is 0.322 e. The van der Waals surface area contributed by atoms with Crippen molar-refractivity contribution in [1.82, 2.24) is 10.3 Å². The zero-order chi connectivity index (χ0) is 24.7. The molecule has 1 aromatic heterocycles. The molecule has 178 valence electrons. The maximum Gasteiger partial charge on any atom is 0.256 e. The SMILES string of the molecule is CC(=O)Nc1nc(CCc2ccc(C(=O)NC=NN)cc2)c(Cc2ccc(S(C)(=O)=O)cc2)s1. The number of rotatable bonds is 9. The maximum atomic E-state index is 11.9. The Hall–Kier alpha value is -3.57. The fourth-order valence-corrected chi connectivity index (χ4v) is 4.94. The van der Waals surface area contributed by atoms with Crippen LogP contribution >= 0.6 is 11.3 Å². The average molecular weight is 500 g/mol. The van der Waals surface area contributed by atoms with Crippen LogP contribution in [0, 0.1) is 0 Å². The molecular formula is C23H25N5O4S2. The molecule has 0 aliphatic carbocycles. The molecule has 34 heavy (non-hydrogen) atoms. The minimum atomic E-state index is -3.26. The number of aryl methyl sites for hydroxylation is 2. The van der Waals surface area contributed by atoms with E-state index in [0.717, 1.165) is 28.0 Å². The Balaban J connectivity index is 1.75. The van der Waals surface area contributed by atoms with E-state index in [1.165, 1.54) is 24.5 Å². The highest BCUT2D eigenvalue weighted by Crippen LogP contribution is 2.27. The van der Waals surface area contributed by atoms with E-state index >= 15 is 0 Å². The zero-order valence-electron chi connectivity index (χ0n) is 18.7. The topological polar surface area (TPSA) is 144 Å². The highest BCUT2D eigenvalue weighted by atomic mass is 32.2. The number of anilines is 1. The third-order valence-corrected chi connectivity index (χ3v) is 7.06. The first-order valence-corrected chi connectivity index (χ1v) is 13.0. The first-order valence-electron chi connectivity index (χ1n) is 10.3. The number of hydrazone groups is 1. The fraction of sp³-hybridized carbons (Fsp3) is 0.217. The number of carbonyl (C=O) groups is 2. The van der Waals surface area contributed by atoms with Gasteiger partial charge in [-0.2, -0.15) is 5.10 Å². The Bertz CT molecular complexity index is 1300. The summed E-state index contributed by atoms with van der Waals surface area (Å²) in [5.74, 6) is 4.49. The van der Waals surface area contributed by atoms with Gasteiger partial charge in [0.05, 0.1) is 10.6 Å². The van der Waals surface area contributed by atoms with Crippen LogP contribution in [0.25, 0.3) is 0 Å². The van der Waals surface area contributed by atoms with Gasteiger partial charge in [-0.3, -0.25) is 9.59 Å². The van der Waals surface area contributed by atoms with Crippen LogP contribution in [-0.2, 0) is 33.9 Å². The molecule has 0 aliphatic rings. The maximum absolute atomic E-state index is 11.9. The molecule has 0 saturated heterocycles. The van der Waals surface area contributed by atoms with Gasteiger partial charge in [0, 0.05) is 30.0 Å². The molecule has 0 atom stereocenters. The summed E-state index contributed by atoms with van der Waals surface area (Å²) >= 11 is 1.40. The summed E-state index contributed by atoms with van der Waals surface area (Å²) in [5.41, 5.74) is 3.33. The Morgan fingerprint density at radius 2 is 1.71 bits per heavy atom. The fourth-order valence-electron chi connectivity index (χ4n) is 3.23. The van der Waals surface area contributed by atoms with Crippen LogP contribution in [0.5, 0.6) is 0 Å². The number of benzene rings is 2. The van der Waals surface area contributed by atoms with Crippen molar-refractivity contribution in [2.45, 2.75) is 31.1 Å². The van der Waals surface area contributed by atoms with Crippen LogP contribution < -0.4 is 16.5 Å². The Morgan fingerprint density at radius 3 is 2.29 bits per heavy atom. The van der Waals surface area contributed by atoms with Crippen molar-refractivity contribution in [2.24, 2.45) is 10.9 Å². The average Bonchev–Trinajstić information content (AvgIpc) is 3.16. The molecule has 9 nitrogen and oxygen atoms in total. The van der Waals surface area contributed by atoms with Gasteiger partial charge in [0.2, 0.25) is 5.91 Å². The molecule has 0 bridgehead atoms. The second-order valence-electron chi connectivity index (χ2n) is 7.61. The molecule has 4 N–H and O–H groups in total. The highest BCUT2D eigenvalue weighted by molar-refractivity contribution is 7.90. The van der Waals surface area contributed by atoms with E-state index in [2.05, 4.69) is 20.7 Å². The predicted octanol–water partition coefficient (Wildman–Crippen LogP) is 2.51. The summed E-state index contributed by atoms with van der Waals surface area (Å²) in [6.45, 7) is 1.43. The predicted molar refractivity (Wildman–Crippen MR) is 133 cm³/mol. The van der Waals surface area contributed by atoms with Crippen LogP contribution in [-0.4, -0.2) is 37.8 Å². The highest BCUT2D eigenvalue weighted by Gasteiger charge is 2.14. The van der Waals surface area contributed by atoms with E-state index in [1.54, 1.807) is 36.4 Å². The molecule has 3 rings (SSSR count). The quantitative estimate of drug-likeness (QED) is 0.179. The molecule has 0 radical (unpaired) electrons. The minimum Gasteiger partial charge on any atom is -0.322 e. The summed E-state index contributed by atoms with van der Waals surface area (Å²) in [7, 11) is -3.26. The summed E-state index contributed by atoms with van der Waals surface area (Å²) in [6.07, 6.45) is 4.20. The van der Waals surface area contributed by atoms with Crippen LogP contribution in [0.2, 0.25) is 0 Å². The van der Waals surface area contributed by atoms with Crippen molar-refractivity contribution >= 4 is 44.5 Å².